The van der Waals surface area contributed by atoms with Crippen LogP contribution in [-0.4, -0.2) is 11.0 Å². The number of halogens is 1. The van der Waals surface area contributed by atoms with E-state index in [0.717, 1.165) is 5.69 Å². The van der Waals surface area contributed by atoms with E-state index in [0.29, 0.717) is 16.4 Å². The van der Waals surface area contributed by atoms with E-state index in [1.165, 1.54) is 32.1 Å². The molecule has 5 heteroatoms. The molecule has 0 bridgehead atoms. The predicted molar refractivity (Wildman–Crippen MR) is 80.5 cm³/mol. The van der Waals surface area contributed by atoms with Gasteiger partial charge < -0.3 is 5.32 Å². The number of nitro benzene ring substituents is 1. The van der Waals surface area contributed by atoms with Crippen LogP contribution < -0.4 is 5.32 Å². The summed E-state index contributed by atoms with van der Waals surface area (Å²) in [5.41, 5.74) is 0.939. The van der Waals surface area contributed by atoms with Crippen LogP contribution in [0.1, 0.15) is 39.0 Å². The number of nitrogens with zero attached hydrogens (tertiary/aromatic N) is 1. The van der Waals surface area contributed by atoms with Crippen LogP contribution in [0.2, 0.25) is 0 Å². The minimum atomic E-state index is -0.361. The van der Waals surface area contributed by atoms with Crippen LogP contribution in [0.5, 0.6) is 0 Å². The highest BCUT2D eigenvalue weighted by Crippen LogP contribution is 2.31. The number of hydrogen-bond donors (Lipinski definition) is 1. The Labute approximate surface area is 121 Å². The van der Waals surface area contributed by atoms with E-state index in [9.17, 15) is 10.1 Å². The Balaban J connectivity index is 2.05. The number of nitrogens with one attached hydrogen (secondary N) is 1. The van der Waals surface area contributed by atoms with Crippen LogP contribution in [0.4, 0.5) is 11.4 Å². The topological polar surface area (TPSA) is 55.2 Å². The van der Waals surface area contributed by atoms with Crippen LogP contribution in [-0.2, 0) is 0 Å². The second kappa shape index (κ2) is 6.37. The van der Waals surface area contributed by atoms with Crippen LogP contribution in [0, 0.1) is 16.0 Å². The summed E-state index contributed by atoms with van der Waals surface area (Å²) in [5.74, 6) is 0.677. The molecule has 0 heterocycles. The van der Waals surface area contributed by atoms with Crippen LogP contribution in [0.15, 0.2) is 22.7 Å². The molecule has 1 atom stereocenters. The van der Waals surface area contributed by atoms with Gasteiger partial charge in [-0.2, -0.15) is 0 Å². The second-order valence-electron chi connectivity index (χ2n) is 5.25. The molecular weight excluding hydrogens is 308 g/mol. The van der Waals surface area contributed by atoms with E-state index in [1.54, 1.807) is 12.1 Å². The van der Waals surface area contributed by atoms with Gasteiger partial charge >= 0.3 is 0 Å². The van der Waals surface area contributed by atoms with Crippen molar-refractivity contribution in [3.63, 3.8) is 0 Å². The van der Waals surface area contributed by atoms with Crippen molar-refractivity contribution in [3.8, 4) is 0 Å². The average Bonchev–Trinajstić information content (AvgIpc) is 2.41. The molecule has 0 radical (unpaired) electrons. The molecule has 1 aliphatic carbocycles. The number of nitro groups is 1. The van der Waals surface area contributed by atoms with Crippen molar-refractivity contribution < 1.29 is 4.92 Å². The molecule has 1 aromatic carbocycles. The zero-order valence-electron chi connectivity index (χ0n) is 11.1. The quantitative estimate of drug-likeness (QED) is 0.642. The largest absolute Gasteiger partial charge is 0.382 e. The number of benzene rings is 1. The lowest BCUT2D eigenvalue weighted by Crippen LogP contribution is -2.27. The molecule has 2 rings (SSSR count). The second-order valence-corrected chi connectivity index (χ2v) is 6.11. The molecule has 104 valence electrons. The van der Waals surface area contributed by atoms with Crippen LogP contribution in [0.3, 0.4) is 0 Å². The van der Waals surface area contributed by atoms with E-state index in [-0.39, 0.29) is 10.6 Å². The highest BCUT2D eigenvalue weighted by atomic mass is 79.9. The summed E-state index contributed by atoms with van der Waals surface area (Å²) in [5, 5.41) is 14.3. The fourth-order valence-corrected chi connectivity index (χ4v) is 3.15. The summed E-state index contributed by atoms with van der Waals surface area (Å²) in [6, 6.07) is 5.58. The van der Waals surface area contributed by atoms with Gasteiger partial charge in [0.2, 0.25) is 0 Å². The van der Waals surface area contributed by atoms with Crippen molar-refractivity contribution in [1.82, 2.24) is 0 Å². The number of hydrogen-bond acceptors (Lipinski definition) is 3. The minimum Gasteiger partial charge on any atom is -0.382 e. The van der Waals surface area contributed by atoms with Crippen molar-refractivity contribution in [2.24, 2.45) is 5.92 Å². The van der Waals surface area contributed by atoms with Gasteiger partial charge in [-0.25, -0.2) is 0 Å². The van der Waals surface area contributed by atoms with Gasteiger partial charge in [0.1, 0.15) is 0 Å². The molecule has 0 aromatic heterocycles. The first-order valence-electron chi connectivity index (χ1n) is 6.78. The van der Waals surface area contributed by atoms with Gasteiger partial charge in [-0.05, 0) is 53.7 Å². The van der Waals surface area contributed by atoms with E-state index >= 15 is 0 Å². The molecule has 1 saturated carbocycles. The van der Waals surface area contributed by atoms with E-state index in [1.807, 2.05) is 6.07 Å². The Morgan fingerprint density at radius 3 is 2.68 bits per heavy atom. The van der Waals surface area contributed by atoms with Gasteiger partial charge in [0.05, 0.1) is 9.40 Å². The first kappa shape index (κ1) is 14.3. The van der Waals surface area contributed by atoms with Crippen LogP contribution >= 0.6 is 15.9 Å². The lowest BCUT2D eigenvalue weighted by atomic mass is 9.84. The molecule has 1 N–H and O–H groups in total. The summed E-state index contributed by atoms with van der Waals surface area (Å²) < 4.78 is 0.522. The lowest BCUT2D eigenvalue weighted by molar-refractivity contribution is -0.385. The van der Waals surface area contributed by atoms with Crippen molar-refractivity contribution in [3.05, 3.63) is 32.8 Å². The van der Waals surface area contributed by atoms with Crippen molar-refractivity contribution >= 4 is 27.3 Å². The minimum absolute atomic E-state index is 0.112. The fourth-order valence-electron chi connectivity index (χ4n) is 2.76. The summed E-state index contributed by atoms with van der Waals surface area (Å²) in [4.78, 5) is 10.5. The van der Waals surface area contributed by atoms with E-state index in [2.05, 4.69) is 28.2 Å². The summed E-state index contributed by atoms with van der Waals surface area (Å²) in [7, 11) is 0. The zero-order valence-corrected chi connectivity index (χ0v) is 12.6. The molecule has 0 aliphatic heterocycles. The maximum absolute atomic E-state index is 10.9. The molecule has 19 heavy (non-hydrogen) atoms. The van der Waals surface area contributed by atoms with Crippen molar-refractivity contribution in [1.29, 1.82) is 0 Å². The van der Waals surface area contributed by atoms with Gasteiger partial charge in [0.15, 0.2) is 0 Å². The van der Waals surface area contributed by atoms with Gasteiger partial charge in [0.25, 0.3) is 5.69 Å². The predicted octanol–water partition coefficient (Wildman–Crippen LogP) is 4.74. The smallest absolute Gasteiger partial charge is 0.285 e. The highest BCUT2D eigenvalue weighted by Gasteiger charge is 2.20. The third-order valence-electron chi connectivity index (χ3n) is 3.89. The summed E-state index contributed by atoms with van der Waals surface area (Å²) in [6.07, 6.45) is 6.46. The fraction of sp³-hybridized carbons (Fsp3) is 0.571. The SMILES string of the molecule is CC(Nc1ccc(Br)c([N+](=O)[O-])c1)C1CCCCC1. The summed E-state index contributed by atoms with van der Waals surface area (Å²) in [6.45, 7) is 2.17. The molecule has 0 amide bonds. The number of rotatable bonds is 4. The lowest BCUT2D eigenvalue weighted by Gasteiger charge is -2.29. The molecule has 0 spiro atoms. The third-order valence-corrected chi connectivity index (χ3v) is 4.56. The Morgan fingerprint density at radius 2 is 2.05 bits per heavy atom. The molecule has 1 unspecified atom stereocenters. The Morgan fingerprint density at radius 1 is 1.37 bits per heavy atom. The zero-order chi connectivity index (χ0) is 13.8. The van der Waals surface area contributed by atoms with Crippen molar-refractivity contribution in [2.45, 2.75) is 45.1 Å². The molecule has 1 aromatic rings. The third kappa shape index (κ3) is 3.69. The first-order chi connectivity index (χ1) is 9.08. The van der Waals surface area contributed by atoms with Gasteiger partial charge in [-0.1, -0.05) is 19.3 Å². The van der Waals surface area contributed by atoms with Crippen LogP contribution in [0.25, 0.3) is 0 Å². The highest BCUT2D eigenvalue weighted by molar-refractivity contribution is 9.10. The molecule has 1 fully saturated rings. The monoisotopic (exact) mass is 326 g/mol. The van der Waals surface area contributed by atoms with Crippen molar-refractivity contribution in [2.75, 3.05) is 5.32 Å². The molecule has 4 nitrogen and oxygen atoms in total. The molecular formula is C14H19BrN2O2. The summed E-state index contributed by atoms with van der Waals surface area (Å²) >= 11 is 3.20. The number of anilines is 1. The van der Waals surface area contributed by atoms with E-state index in [4.69, 9.17) is 0 Å². The van der Waals surface area contributed by atoms with Gasteiger partial charge in [0, 0.05) is 17.8 Å². The standard InChI is InChI=1S/C14H19BrN2O2/c1-10(11-5-3-2-4-6-11)16-12-7-8-13(15)14(9-12)17(18)19/h7-11,16H,2-6H2,1H3. The maximum Gasteiger partial charge on any atom is 0.285 e. The molecule has 0 saturated heterocycles. The van der Waals surface area contributed by atoms with Gasteiger partial charge in [-0.15, -0.1) is 0 Å². The van der Waals surface area contributed by atoms with Gasteiger partial charge in [-0.3, -0.25) is 10.1 Å². The average molecular weight is 327 g/mol. The first-order valence-corrected chi connectivity index (χ1v) is 7.57. The normalized spacial score (nSPS) is 18.0. The Hall–Kier alpha value is -1.10. The Bertz CT molecular complexity index is 459. The van der Waals surface area contributed by atoms with E-state index < -0.39 is 0 Å². The Kier molecular flexibility index (Phi) is 4.80. The molecule has 1 aliphatic rings. The maximum atomic E-state index is 10.9.